The molecule has 2 amide bonds. The maximum Gasteiger partial charge on any atom is 0.246 e. The second kappa shape index (κ2) is 14.2. The quantitative estimate of drug-likeness (QED) is 0.567. The highest BCUT2D eigenvalue weighted by Crippen LogP contribution is 2.12. The zero-order valence-corrected chi connectivity index (χ0v) is 19.2. The number of hydrogen-bond acceptors (Lipinski definition) is 4. The molecule has 0 saturated carbocycles. The Balaban J connectivity index is 1.54. The summed E-state index contributed by atoms with van der Waals surface area (Å²) >= 11 is 0. The summed E-state index contributed by atoms with van der Waals surface area (Å²) in [6.45, 7) is 1.82. The monoisotopic (exact) mass is 450 g/mol. The molecule has 6 heteroatoms. The lowest BCUT2D eigenvalue weighted by atomic mass is 10.2. The van der Waals surface area contributed by atoms with Gasteiger partial charge in [-0.1, -0.05) is 72.8 Å². The van der Waals surface area contributed by atoms with E-state index >= 15 is 0 Å². The minimum atomic E-state index is -0.00523. The number of amides is 2. The van der Waals surface area contributed by atoms with Crippen molar-refractivity contribution in [1.29, 1.82) is 0 Å². The molecule has 6 nitrogen and oxygen atoms in total. The van der Waals surface area contributed by atoms with Gasteiger partial charge in [0, 0.05) is 25.9 Å². The summed E-state index contributed by atoms with van der Waals surface area (Å²) in [7, 11) is 0. The number of carbonyl (C=O) groups excluding carboxylic acids is 2. The number of hydroxylamine groups is 4. The maximum absolute atomic E-state index is 12.7. The van der Waals surface area contributed by atoms with E-state index in [0.29, 0.717) is 52.0 Å². The smallest absolute Gasteiger partial charge is 0.246 e. The summed E-state index contributed by atoms with van der Waals surface area (Å²) in [4.78, 5) is 37.1. The molecule has 0 aromatic heterocycles. The van der Waals surface area contributed by atoms with Gasteiger partial charge in [-0.15, -0.1) is 0 Å². The molecule has 0 atom stereocenters. The average Bonchev–Trinajstić information content (AvgIpc) is 2.85. The topological polar surface area (TPSA) is 59.1 Å². The third-order valence-electron chi connectivity index (χ3n) is 5.45. The van der Waals surface area contributed by atoms with Gasteiger partial charge in [-0.3, -0.25) is 19.3 Å². The Morgan fingerprint density at radius 3 is 1.45 bits per heavy atom. The largest absolute Gasteiger partial charge is 0.273 e. The molecule has 0 fully saturated rings. The van der Waals surface area contributed by atoms with E-state index in [1.807, 2.05) is 72.8 Å². The molecule has 3 rings (SSSR count). The van der Waals surface area contributed by atoms with Gasteiger partial charge in [-0.2, -0.15) is 0 Å². The SMILES string of the molecule is O=C1CC/C=C/CCC(=O)N(OCc2ccccc2)CCCCCN1OCc1ccccc1. The van der Waals surface area contributed by atoms with Gasteiger partial charge in [-0.05, 0) is 43.2 Å². The maximum atomic E-state index is 12.7. The van der Waals surface area contributed by atoms with Crippen LogP contribution in [0.3, 0.4) is 0 Å². The fourth-order valence-electron chi connectivity index (χ4n) is 3.56. The van der Waals surface area contributed by atoms with Gasteiger partial charge in [0.05, 0.1) is 0 Å². The second-order valence-electron chi connectivity index (χ2n) is 8.12. The van der Waals surface area contributed by atoms with Crippen LogP contribution in [-0.4, -0.2) is 35.0 Å². The van der Waals surface area contributed by atoms with Crippen LogP contribution in [-0.2, 0) is 32.5 Å². The molecule has 0 N–H and O–H groups in total. The van der Waals surface area contributed by atoms with Crippen LogP contribution in [0.4, 0.5) is 0 Å². The van der Waals surface area contributed by atoms with E-state index in [1.165, 1.54) is 10.1 Å². The summed E-state index contributed by atoms with van der Waals surface area (Å²) in [5, 5.41) is 3.02. The Bertz CT molecular complexity index is 799. The molecule has 0 unspecified atom stereocenters. The highest BCUT2D eigenvalue weighted by Gasteiger charge is 2.16. The highest BCUT2D eigenvalue weighted by atomic mass is 16.7. The lowest BCUT2D eigenvalue weighted by Crippen LogP contribution is -2.33. The third-order valence-corrected chi connectivity index (χ3v) is 5.45. The van der Waals surface area contributed by atoms with E-state index in [9.17, 15) is 9.59 Å². The van der Waals surface area contributed by atoms with Gasteiger partial charge in [0.25, 0.3) is 0 Å². The van der Waals surface area contributed by atoms with Crippen molar-refractivity contribution in [2.75, 3.05) is 13.1 Å². The van der Waals surface area contributed by atoms with Crippen molar-refractivity contribution >= 4 is 11.8 Å². The van der Waals surface area contributed by atoms with Crippen LogP contribution in [0.15, 0.2) is 72.8 Å². The summed E-state index contributed by atoms with van der Waals surface area (Å²) in [6, 6.07) is 19.7. The van der Waals surface area contributed by atoms with Gasteiger partial charge < -0.3 is 0 Å². The van der Waals surface area contributed by atoms with E-state index in [0.717, 1.165) is 30.4 Å². The van der Waals surface area contributed by atoms with Crippen LogP contribution in [0.2, 0.25) is 0 Å². The van der Waals surface area contributed by atoms with Crippen LogP contribution in [0.1, 0.15) is 56.1 Å². The average molecular weight is 451 g/mol. The predicted molar refractivity (Wildman–Crippen MR) is 127 cm³/mol. The molecular weight excluding hydrogens is 416 g/mol. The zero-order chi connectivity index (χ0) is 23.1. The van der Waals surface area contributed by atoms with E-state index in [-0.39, 0.29) is 11.8 Å². The van der Waals surface area contributed by atoms with E-state index in [4.69, 9.17) is 9.68 Å². The Kier molecular flexibility index (Phi) is 10.7. The summed E-state index contributed by atoms with van der Waals surface area (Å²) in [5.41, 5.74) is 2.07. The Labute approximate surface area is 196 Å². The number of allylic oxidation sites excluding steroid dienone is 2. The molecule has 33 heavy (non-hydrogen) atoms. The summed E-state index contributed by atoms with van der Waals surface area (Å²) in [6.07, 6.45) is 8.46. The summed E-state index contributed by atoms with van der Waals surface area (Å²) < 4.78 is 0. The molecule has 1 aliphatic heterocycles. The van der Waals surface area contributed by atoms with Crippen LogP contribution in [0.25, 0.3) is 0 Å². The van der Waals surface area contributed by atoms with E-state index in [1.54, 1.807) is 0 Å². The molecule has 0 bridgehead atoms. The van der Waals surface area contributed by atoms with Gasteiger partial charge >= 0.3 is 0 Å². The second-order valence-corrected chi connectivity index (χ2v) is 8.12. The third kappa shape index (κ3) is 9.20. The standard InChI is InChI=1S/C27H34N2O4/c30-26-18-10-1-2-11-19-27(31)29(33-23-25-16-8-4-9-17-25)21-13-5-12-20-28(26)32-22-24-14-6-3-7-15-24/h1-4,6-9,14-17H,5,10-13,18-23H2/b2-1+. The highest BCUT2D eigenvalue weighted by molar-refractivity contribution is 5.75. The van der Waals surface area contributed by atoms with E-state index < -0.39 is 0 Å². The molecule has 0 saturated heterocycles. The number of hydrogen-bond donors (Lipinski definition) is 0. The van der Waals surface area contributed by atoms with E-state index in [2.05, 4.69) is 0 Å². The van der Waals surface area contributed by atoms with Crippen molar-refractivity contribution in [1.82, 2.24) is 10.1 Å². The van der Waals surface area contributed by atoms with Crippen LogP contribution in [0, 0.1) is 0 Å². The van der Waals surface area contributed by atoms with Crippen molar-refractivity contribution in [3.63, 3.8) is 0 Å². The fraction of sp³-hybridized carbons (Fsp3) is 0.407. The molecule has 0 aliphatic carbocycles. The van der Waals surface area contributed by atoms with Crippen LogP contribution >= 0.6 is 0 Å². The van der Waals surface area contributed by atoms with Gasteiger partial charge in [0.2, 0.25) is 11.8 Å². The minimum absolute atomic E-state index is 0.00523. The molecule has 0 radical (unpaired) electrons. The zero-order valence-electron chi connectivity index (χ0n) is 19.2. The molecule has 2 aromatic carbocycles. The summed E-state index contributed by atoms with van der Waals surface area (Å²) in [5.74, 6) is -0.0105. The first-order chi connectivity index (χ1) is 16.2. The van der Waals surface area contributed by atoms with Crippen molar-refractivity contribution in [3.8, 4) is 0 Å². The lowest BCUT2D eigenvalue weighted by Gasteiger charge is -2.23. The fourth-order valence-corrected chi connectivity index (χ4v) is 3.56. The number of carbonyl (C=O) groups is 2. The van der Waals surface area contributed by atoms with Crippen molar-refractivity contribution in [2.24, 2.45) is 0 Å². The predicted octanol–water partition coefficient (Wildman–Crippen LogP) is 5.21. The Morgan fingerprint density at radius 1 is 0.606 bits per heavy atom. The molecule has 1 heterocycles. The minimum Gasteiger partial charge on any atom is -0.273 e. The first-order valence-corrected chi connectivity index (χ1v) is 11.8. The van der Waals surface area contributed by atoms with Crippen LogP contribution in [0.5, 0.6) is 0 Å². The van der Waals surface area contributed by atoms with Gasteiger partial charge in [-0.25, -0.2) is 10.1 Å². The Morgan fingerprint density at radius 2 is 1.03 bits per heavy atom. The number of benzene rings is 2. The first kappa shape index (κ1) is 24.7. The van der Waals surface area contributed by atoms with Gasteiger partial charge in [0.15, 0.2) is 0 Å². The first-order valence-electron chi connectivity index (χ1n) is 11.8. The molecule has 0 spiro atoms. The molecule has 2 aromatic rings. The van der Waals surface area contributed by atoms with Crippen molar-refractivity contribution in [3.05, 3.63) is 83.9 Å². The van der Waals surface area contributed by atoms with Crippen molar-refractivity contribution < 1.29 is 19.3 Å². The normalized spacial score (nSPS) is 17.9. The lowest BCUT2D eigenvalue weighted by molar-refractivity contribution is -0.193. The number of nitrogens with zero attached hydrogens (tertiary/aromatic N) is 2. The van der Waals surface area contributed by atoms with Gasteiger partial charge in [0.1, 0.15) is 13.2 Å². The number of rotatable bonds is 6. The Hall–Kier alpha value is -2.96. The molecule has 176 valence electrons. The van der Waals surface area contributed by atoms with Crippen molar-refractivity contribution in [2.45, 2.75) is 58.2 Å². The molecular formula is C27H34N2O4. The van der Waals surface area contributed by atoms with Crippen LogP contribution < -0.4 is 0 Å². The molecule has 1 aliphatic rings.